The van der Waals surface area contributed by atoms with Crippen LogP contribution in [0.1, 0.15) is 35.0 Å². The van der Waals surface area contributed by atoms with Gasteiger partial charge in [0.2, 0.25) is 5.82 Å². The number of halogens is 1. The fraction of sp³-hybridized carbons (Fsp3) is 0.211. The second kappa shape index (κ2) is 7.51. The van der Waals surface area contributed by atoms with Crippen molar-refractivity contribution in [3.05, 3.63) is 71.6 Å². The van der Waals surface area contributed by atoms with Gasteiger partial charge in [0.05, 0.1) is 16.6 Å². The van der Waals surface area contributed by atoms with Gasteiger partial charge in [0.25, 0.3) is 5.91 Å². The van der Waals surface area contributed by atoms with Crippen molar-refractivity contribution in [2.45, 2.75) is 24.8 Å². The van der Waals surface area contributed by atoms with E-state index in [9.17, 15) is 17.6 Å². The van der Waals surface area contributed by atoms with Crippen LogP contribution in [0.2, 0.25) is 0 Å². The van der Waals surface area contributed by atoms with Crippen LogP contribution in [0.15, 0.2) is 53.4 Å². The van der Waals surface area contributed by atoms with Gasteiger partial charge in [0, 0.05) is 6.26 Å². The summed E-state index contributed by atoms with van der Waals surface area (Å²) in [5.74, 6) is -0.359. The Morgan fingerprint density at radius 3 is 2.29 bits per heavy atom. The minimum Gasteiger partial charge on any atom is -0.343 e. The molecule has 0 spiro atoms. The molecule has 0 fully saturated rings. The maximum absolute atomic E-state index is 13.1. The van der Waals surface area contributed by atoms with Crippen LogP contribution in [0, 0.1) is 12.7 Å². The van der Waals surface area contributed by atoms with Crippen LogP contribution in [0.25, 0.3) is 5.69 Å². The third-order valence-corrected chi connectivity index (χ3v) is 5.33. The first kappa shape index (κ1) is 19.7. The number of carbonyl (C=O) groups excluding carboxylic acids is 1. The van der Waals surface area contributed by atoms with E-state index in [0.29, 0.717) is 11.5 Å². The number of aryl methyl sites for hydroxylation is 1. The van der Waals surface area contributed by atoms with Crippen molar-refractivity contribution >= 4 is 15.7 Å². The minimum absolute atomic E-state index is 0.0126. The topological polar surface area (TPSA) is 93.9 Å². The highest BCUT2D eigenvalue weighted by Crippen LogP contribution is 2.17. The number of hydrogen-bond acceptors (Lipinski definition) is 5. The summed E-state index contributed by atoms with van der Waals surface area (Å²) in [6, 6.07) is 11.6. The fourth-order valence-corrected chi connectivity index (χ4v) is 3.29. The molecule has 0 bridgehead atoms. The number of amides is 1. The second-order valence-electron chi connectivity index (χ2n) is 6.41. The van der Waals surface area contributed by atoms with Crippen molar-refractivity contribution in [1.29, 1.82) is 0 Å². The molecule has 2 aromatic carbocycles. The average molecular weight is 402 g/mol. The van der Waals surface area contributed by atoms with Crippen LogP contribution < -0.4 is 5.32 Å². The van der Waals surface area contributed by atoms with Gasteiger partial charge in [-0.25, -0.2) is 22.5 Å². The number of rotatable bonds is 5. The molecule has 7 nitrogen and oxygen atoms in total. The quantitative estimate of drug-likeness (QED) is 0.708. The summed E-state index contributed by atoms with van der Waals surface area (Å²) in [5, 5.41) is 6.98. The fourth-order valence-electron chi connectivity index (χ4n) is 2.66. The molecule has 1 amide bonds. The van der Waals surface area contributed by atoms with Crippen LogP contribution in [0.4, 0.5) is 4.39 Å². The molecule has 1 N–H and O–H groups in total. The molecule has 0 aliphatic carbocycles. The molecule has 1 heterocycles. The largest absolute Gasteiger partial charge is 0.343 e. The molecule has 0 aliphatic rings. The monoisotopic (exact) mass is 402 g/mol. The van der Waals surface area contributed by atoms with Crippen LogP contribution in [0.3, 0.4) is 0 Å². The zero-order valence-corrected chi connectivity index (χ0v) is 16.4. The standard InChI is InChI=1S/C19H19FN4O3S/c1-12(14-4-10-17(11-5-14)28(3,26)27)21-19(25)18-22-13(2)24(23-18)16-8-6-15(20)7-9-16/h4-12H,1-3H3,(H,21,25). The lowest BCUT2D eigenvalue weighted by Crippen LogP contribution is -2.27. The number of sulfone groups is 1. The van der Waals surface area contributed by atoms with Crippen molar-refractivity contribution in [2.24, 2.45) is 0 Å². The molecule has 28 heavy (non-hydrogen) atoms. The Labute approximate surface area is 162 Å². The van der Waals surface area contributed by atoms with E-state index in [0.717, 1.165) is 11.8 Å². The van der Waals surface area contributed by atoms with Crippen LogP contribution in [0.5, 0.6) is 0 Å². The number of carbonyl (C=O) groups is 1. The van der Waals surface area contributed by atoms with E-state index < -0.39 is 15.7 Å². The molecule has 0 radical (unpaired) electrons. The van der Waals surface area contributed by atoms with Crippen molar-refractivity contribution in [2.75, 3.05) is 6.26 Å². The summed E-state index contributed by atoms with van der Waals surface area (Å²) in [6.45, 7) is 3.47. The van der Waals surface area contributed by atoms with Gasteiger partial charge in [-0.3, -0.25) is 4.79 Å². The van der Waals surface area contributed by atoms with E-state index in [1.165, 1.54) is 28.9 Å². The first-order chi connectivity index (χ1) is 13.1. The Balaban J connectivity index is 1.76. The van der Waals surface area contributed by atoms with Gasteiger partial charge in [-0.1, -0.05) is 12.1 Å². The Hall–Kier alpha value is -3.07. The second-order valence-corrected chi connectivity index (χ2v) is 8.42. The Bertz CT molecular complexity index is 1110. The highest BCUT2D eigenvalue weighted by Gasteiger charge is 2.18. The van der Waals surface area contributed by atoms with Gasteiger partial charge in [-0.2, -0.15) is 0 Å². The predicted octanol–water partition coefficient (Wildman–Crippen LogP) is 2.61. The molecular formula is C19H19FN4O3S. The molecule has 1 aromatic heterocycles. The van der Waals surface area contributed by atoms with Gasteiger partial charge >= 0.3 is 0 Å². The molecular weight excluding hydrogens is 383 g/mol. The van der Waals surface area contributed by atoms with Gasteiger partial charge in [0.15, 0.2) is 9.84 Å². The molecule has 9 heteroatoms. The summed E-state index contributed by atoms with van der Waals surface area (Å²) < 4.78 is 37.6. The summed E-state index contributed by atoms with van der Waals surface area (Å²) in [7, 11) is -3.28. The summed E-state index contributed by atoms with van der Waals surface area (Å²) >= 11 is 0. The first-order valence-electron chi connectivity index (χ1n) is 8.45. The summed E-state index contributed by atoms with van der Waals surface area (Å²) in [5.41, 5.74) is 1.34. The van der Waals surface area contributed by atoms with Gasteiger partial charge in [-0.05, 0) is 55.8 Å². The average Bonchev–Trinajstić information content (AvgIpc) is 3.03. The maximum Gasteiger partial charge on any atom is 0.291 e. The molecule has 3 aromatic rings. The molecule has 1 unspecified atom stereocenters. The highest BCUT2D eigenvalue weighted by molar-refractivity contribution is 7.90. The van der Waals surface area contributed by atoms with Crippen molar-refractivity contribution in [1.82, 2.24) is 20.1 Å². The zero-order valence-electron chi connectivity index (χ0n) is 15.5. The predicted molar refractivity (Wildman–Crippen MR) is 101 cm³/mol. The van der Waals surface area contributed by atoms with E-state index in [-0.39, 0.29) is 22.6 Å². The van der Waals surface area contributed by atoms with Crippen molar-refractivity contribution < 1.29 is 17.6 Å². The molecule has 0 saturated carbocycles. The smallest absolute Gasteiger partial charge is 0.291 e. The Morgan fingerprint density at radius 2 is 1.71 bits per heavy atom. The Morgan fingerprint density at radius 1 is 1.11 bits per heavy atom. The SMILES string of the molecule is Cc1nc(C(=O)NC(C)c2ccc(S(C)(=O)=O)cc2)nn1-c1ccc(F)cc1. The minimum atomic E-state index is -3.28. The van der Waals surface area contributed by atoms with Crippen molar-refractivity contribution in [3.63, 3.8) is 0 Å². The van der Waals surface area contributed by atoms with Gasteiger partial charge in [-0.15, -0.1) is 5.10 Å². The third kappa shape index (κ3) is 4.25. The number of nitrogens with zero attached hydrogens (tertiary/aromatic N) is 3. The van der Waals surface area contributed by atoms with Gasteiger partial charge in [0.1, 0.15) is 11.6 Å². The van der Waals surface area contributed by atoms with E-state index in [2.05, 4.69) is 15.4 Å². The maximum atomic E-state index is 13.1. The van der Waals surface area contributed by atoms with Crippen LogP contribution >= 0.6 is 0 Å². The molecule has 1 atom stereocenters. The van der Waals surface area contributed by atoms with Crippen LogP contribution in [-0.2, 0) is 9.84 Å². The van der Waals surface area contributed by atoms with Crippen LogP contribution in [-0.4, -0.2) is 35.3 Å². The summed E-state index contributed by atoms with van der Waals surface area (Å²) in [4.78, 5) is 16.9. The molecule has 3 rings (SSSR count). The first-order valence-corrected chi connectivity index (χ1v) is 10.3. The summed E-state index contributed by atoms with van der Waals surface area (Å²) in [6.07, 6.45) is 1.14. The van der Waals surface area contributed by atoms with E-state index in [4.69, 9.17) is 0 Å². The number of benzene rings is 2. The molecule has 0 saturated heterocycles. The lowest BCUT2D eigenvalue weighted by atomic mass is 10.1. The number of hydrogen-bond donors (Lipinski definition) is 1. The molecule has 146 valence electrons. The zero-order chi connectivity index (χ0) is 20.5. The lowest BCUT2D eigenvalue weighted by molar-refractivity contribution is 0.0929. The van der Waals surface area contributed by atoms with E-state index in [1.54, 1.807) is 38.1 Å². The highest BCUT2D eigenvalue weighted by atomic mass is 32.2. The third-order valence-electron chi connectivity index (χ3n) is 4.20. The number of aromatic nitrogens is 3. The Kier molecular flexibility index (Phi) is 5.28. The lowest BCUT2D eigenvalue weighted by Gasteiger charge is -2.13. The van der Waals surface area contributed by atoms with Gasteiger partial charge < -0.3 is 5.32 Å². The normalized spacial score (nSPS) is 12.6. The molecule has 0 aliphatic heterocycles. The van der Waals surface area contributed by atoms with E-state index in [1.807, 2.05) is 0 Å². The van der Waals surface area contributed by atoms with E-state index >= 15 is 0 Å². The number of nitrogens with one attached hydrogen (secondary N) is 1. The van der Waals surface area contributed by atoms with Crippen molar-refractivity contribution in [3.8, 4) is 5.69 Å².